The zero-order valence-corrected chi connectivity index (χ0v) is 11.4. The lowest BCUT2D eigenvalue weighted by Gasteiger charge is -2.09. The van der Waals surface area contributed by atoms with Gasteiger partial charge in [-0.25, -0.2) is 14.6 Å². The van der Waals surface area contributed by atoms with Crippen LogP contribution in [0.5, 0.6) is 0 Å². The van der Waals surface area contributed by atoms with E-state index in [9.17, 15) is 4.79 Å². The van der Waals surface area contributed by atoms with Crippen LogP contribution < -0.4 is 5.32 Å². The summed E-state index contributed by atoms with van der Waals surface area (Å²) in [5.74, 6) is 1.05. The highest BCUT2D eigenvalue weighted by Crippen LogP contribution is 2.11. The highest BCUT2D eigenvalue weighted by atomic mass is 16.3. The van der Waals surface area contributed by atoms with E-state index in [-0.39, 0.29) is 5.91 Å². The largest absolute Gasteiger partial charge is 0.469 e. The third-order valence-electron chi connectivity index (χ3n) is 3.05. The molecule has 7 heteroatoms. The summed E-state index contributed by atoms with van der Waals surface area (Å²) in [6.45, 7) is 2.09. The summed E-state index contributed by atoms with van der Waals surface area (Å²) in [4.78, 5) is 20.2. The smallest absolute Gasteiger partial charge is 0.255 e. The van der Waals surface area contributed by atoms with Crippen molar-refractivity contribution in [2.45, 2.75) is 13.5 Å². The normalized spacial score (nSPS) is 10.5. The van der Waals surface area contributed by atoms with Gasteiger partial charge in [0.2, 0.25) is 0 Å². The van der Waals surface area contributed by atoms with E-state index in [2.05, 4.69) is 20.4 Å². The summed E-state index contributed by atoms with van der Waals surface area (Å²) in [7, 11) is 0. The second kappa shape index (κ2) is 5.58. The van der Waals surface area contributed by atoms with Crippen LogP contribution in [-0.2, 0) is 6.54 Å². The molecule has 3 aromatic rings. The lowest BCUT2D eigenvalue weighted by atomic mass is 10.2. The van der Waals surface area contributed by atoms with Gasteiger partial charge in [-0.15, -0.1) is 0 Å². The summed E-state index contributed by atoms with van der Waals surface area (Å²) in [6.07, 6.45) is 6.16. The third kappa shape index (κ3) is 2.66. The first-order chi connectivity index (χ1) is 10.3. The molecule has 0 aromatic carbocycles. The Morgan fingerprint density at radius 2 is 2.33 bits per heavy atom. The summed E-state index contributed by atoms with van der Waals surface area (Å²) in [5.41, 5.74) is 1.37. The van der Waals surface area contributed by atoms with E-state index in [0.29, 0.717) is 23.7 Å². The number of hydrogen-bond donors (Lipinski definition) is 1. The fourth-order valence-electron chi connectivity index (χ4n) is 1.98. The highest BCUT2D eigenvalue weighted by molar-refractivity contribution is 5.95. The van der Waals surface area contributed by atoms with Gasteiger partial charge in [-0.3, -0.25) is 4.79 Å². The van der Waals surface area contributed by atoms with E-state index >= 15 is 0 Å². The zero-order valence-electron chi connectivity index (χ0n) is 11.4. The molecule has 0 saturated heterocycles. The zero-order chi connectivity index (χ0) is 14.7. The van der Waals surface area contributed by atoms with Crippen LogP contribution in [0.3, 0.4) is 0 Å². The molecule has 0 aliphatic heterocycles. The molecule has 0 unspecified atom stereocenters. The van der Waals surface area contributed by atoms with Crippen molar-refractivity contribution in [3.63, 3.8) is 0 Å². The second-order valence-corrected chi connectivity index (χ2v) is 4.40. The Morgan fingerprint density at radius 3 is 3.05 bits per heavy atom. The predicted molar refractivity (Wildman–Crippen MR) is 73.8 cm³/mol. The minimum Gasteiger partial charge on any atom is -0.469 e. The maximum absolute atomic E-state index is 12.1. The molecule has 21 heavy (non-hydrogen) atoms. The van der Waals surface area contributed by atoms with Crippen LogP contribution >= 0.6 is 0 Å². The van der Waals surface area contributed by atoms with Crippen LogP contribution in [0.2, 0.25) is 0 Å². The number of nitrogens with one attached hydrogen (secondary N) is 1. The van der Waals surface area contributed by atoms with Gasteiger partial charge in [0.15, 0.2) is 5.82 Å². The predicted octanol–water partition coefficient (Wildman–Crippen LogP) is 1.49. The molecule has 0 aliphatic carbocycles. The van der Waals surface area contributed by atoms with Gasteiger partial charge in [-0.1, -0.05) is 6.07 Å². The van der Waals surface area contributed by atoms with Gasteiger partial charge < -0.3 is 9.73 Å². The first-order valence-electron chi connectivity index (χ1n) is 6.37. The third-order valence-corrected chi connectivity index (χ3v) is 3.05. The van der Waals surface area contributed by atoms with E-state index < -0.39 is 0 Å². The van der Waals surface area contributed by atoms with Gasteiger partial charge in [0.05, 0.1) is 11.8 Å². The van der Waals surface area contributed by atoms with E-state index in [1.807, 2.05) is 12.1 Å². The van der Waals surface area contributed by atoms with Crippen LogP contribution in [-0.4, -0.2) is 25.7 Å². The van der Waals surface area contributed by atoms with Crippen molar-refractivity contribution in [1.82, 2.24) is 25.1 Å². The Labute approximate surface area is 120 Å². The van der Waals surface area contributed by atoms with Crippen molar-refractivity contribution in [1.29, 1.82) is 0 Å². The highest BCUT2D eigenvalue weighted by Gasteiger charge is 2.12. The monoisotopic (exact) mass is 283 g/mol. The van der Waals surface area contributed by atoms with Crippen molar-refractivity contribution in [3.05, 3.63) is 60.2 Å². The summed E-state index contributed by atoms with van der Waals surface area (Å²) in [6, 6.07) is 5.34. The lowest BCUT2D eigenvalue weighted by Crippen LogP contribution is -2.24. The minimum atomic E-state index is -0.186. The van der Waals surface area contributed by atoms with E-state index in [4.69, 9.17) is 4.42 Å². The van der Waals surface area contributed by atoms with Crippen LogP contribution in [0, 0.1) is 6.92 Å². The minimum absolute atomic E-state index is 0.186. The number of carbonyl (C=O) groups is 1. The van der Waals surface area contributed by atoms with E-state index in [0.717, 1.165) is 5.56 Å². The van der Waals surface area contributed by atoms with Crippen molar-refractivity contribution >= 4 is 5.91 Å². The first kappa shape index (κ1) is 13.0. The number of aryl methyl sites for hydroxylation is 1. The van der Waals surface area contributed by atoms with Crippen molar-refractivity contribution < 1.29 is 9.21 Å². The number of nitrogens with zero attached hydrogens (tertiary/aromatic N) is 4. The fourth-order valence-corrected chi connectivity index (χ4v) is 1.98. The Morgan fingerprint density at radius 1 is 1.43 bits per heavy atom. The molecule has 3 rings (SSSR count). The molecule has 7 nitrogen and oxygen atoms in total. The maximum atomic E-state index is 12.1. The average molecular weight is 283 g/mol. The van der Waals surface area contributed by atoms with Crippen LogP contribution in [0.15, 0.2) is 47.7 Å². The number of rotatable bonds is 4. The van der Waals surface area contributed by atoms with Gasteiger partial charge in [0.1, 0.15) is 18.4 Å². The number of hydrogen-bond acceptors (Lipinski definition) is 5. The number of amides is 1. The molecular formula is C14H13N5O2. The molecule has 0 aliphatic rings. The van der Waals surface area contributed by atoms with Crippen LogP contribution in [0.25, 0.3) is 5.82 Å². The molecule has 0 saturated carbocycles. The van der Waals surface area contributed by atoms with Gasteiger partial charge >= 0.3 is 0 Å². The van der Waals surface area contributed by atoms with Gasteiger partial charge in [-0.05, 0) is 19.1 Å². The lowest BCUT2D eigenvalue weighted by molar-refractivity contribution is 0.0949. The Kier molecular flexibility index (Phi) is 3.46. The molecule has 0 atom stereocenters. The molecule has 0 spiro atoms. The fraction of sp³-hybridized carbons (Fsp3) is 0.143. The molecule has 3 heterocycles. The molecule has 0 bridgehead atoms. The van der Waals surface area contributed by atoms with Gasteiger partial charge in [0.25, 0.3) is 5.91 Å². The van der Waals surface area contributed by atoms with Crippen LogP contribution in [0.1, 0.15) is 21.7 Å². The SMILES string of the molecule is Cc1occc1C(=O)NCc1cccnc1-n1cncn1. The Bertz CT molecular complexity index is 748. The number of aromatic nitrogens is 4. The van der Waals surface area contributed by atoms with Gasteiger partial charge in [-0.2, -0.15) is 5.10 Å². The molecule has 3 aromatic heterocycles. The van der Waals surface area contributed by atoms with Crippen molar-refractivity contribution in [3.8, 4) is 5.82 Å². The topological polar surface area (TPSA) is 85.8 Å². The van der Waals surface area contributed by atoms with E-state index in [1.165, 1.54) is 12.6 Å². The van der Waals surface area contributed by atoms with Crippen LogP contribution in [0.4, 0.5) is 0 Å². The molecule has 0 radical (unpaired) electrons. The van der Waals surface area contributed by atoms with Gasteiger partial charge in [0, 0.05) is 18.3 Å². The summed E-state index contributed by atoms with van der Waals surface area (Å²) in [5, 5.41) is 6.90. The average Bonchev–Trinajstić information content (AvgIpc) is 3.16. The first-order valence-corrected chi connectivity index (χ1v) is 6.37. The molecule has 0 fully saturated rings. The number of pyridine rings is 1. The maximum Gasteiger partial charge on any atom is 0.255 e. The molecular weight excluding hydrogens is 270 g/mol. The Hall–Kier alpha value is -2.96. The second-order valence-electron chi connectivity index (χ2n) is 4.40. The molecule has 106 valence electrons. The molecule has 1 N–H and O–H groups in total. The number of furan rings is 1. The van der Waals surface area contributed by atoms with Crippen molar-refractivity contribution in [2.24, 2.45) is 0 Å². The molecule has 1 amide bonds. The summed E-state index contributed by atoms with van der Waals surface area (Å²) >= 11 is 0. The standard InChI is InChI=1S/C14H13N5O2/c1-10-12(4-6-21-10)14(20)17-7-11-3-2-5-16-13(11)19-9-15-8-18-19/h2-6,8-9H,7H2,1H3,(H,17,20). The summed E-state index contributed by atoms with van der Waals surface area (Å²) < 4.78 is 6.68. The number of carbonyl (C=O) groups excluding carboxylic acids is 1. The van der Waals surface area contributed by atoms with E-state index in [1.54, 1.807) is 30.2 Å². The van der Waals surface area contributed by atoms with Crippen molar-refractivity contribution in [2.75, 3.05) is 0 Å². The quantitative estimate of drug-likeness (QED) is 0.784. The Balaban J connectivity index is 1.77.